The summed E-state index contributed by atoms with van der Waals surface area (Å²) in [5.41, 5.74) is 2.49. The van der Waals surface area contributed by atoms with Crippen LogP contribution in [0.1, 0.15) is 36.2 Å². The van der Waals surface area contributed by atoms with E-state index < -0.39 is 0 Å². The van der Waals surface area contributed by atoms with Crippen LogP contribution < -0.4 is 15.5 Å². The fraction of sp³-hybridized carbons (Fsp3) is 0.455. The average molecular weight is 426 g/mol. The Hall–Kier alpha value is -3.36. The van der Waals surface area contributed by atoms with Crippen LogP contribution in [-0.2, 0) is 18.4 Å². The minimum Gasteiger partial charge on any atom is -0.352 e. The molecule has 2 heterocycles. The fourth-order valence-electron chi connectivity index (χ4n) is 3.37. The second-order valence-corrected chi connectivity index (χ2v) is 7.72. The van der Waals surface area contributed by atoms with Gasteiger partial charge in [0, 0.05) is 51.5 Å². The number of nitrogens with one attached hydrogen (secondary N) is 2. The van der Waals surface area contributed by atoms with Gasteiger partial charge in [-0.3, -0.25) is 19.3 Å². The predicted molar refractivity (Wildman–Crippen MR) is 121 cm³/mol. The molecule has 0 radical (unpaired) electrons. The lowest BCUT2D eigenvalue weighted by molar-refractivity contribution is -0.120. The molecular formula is C22H31N7O2. The number of carbonyl (C=O) groups is 2. The molecule has 2 aromatic rings. The highest BCUT2D eigenvalue weighted by Gasteiger charge is 2.27. The predicted octanol–water partition coefficient (Wildman–Crippen LogP) is 1.37. The molecule has 1 saturated heterocycles. The zero-order valence-electron chi connectivity index (χ0n) is 18.6. The van der Waals surface area contributed by atoms with E-state index in [9.17, 15) is 9.59 Å². The highest BCUT2D eigenvalue weighted by Crippen LogP contribution is 2.16. The number of hydrogen-bond donors (Lipinski definition) is 2. The van der Waals surface area contributed by atoms with Gasteiger partial charge in [0.2, 0.25) is 5.91 Å². The zero-order valence-corrected chi connectivity index (χ0v) is 18.6. The molecule has 166 valence electrons. The maximum atomic E-state index is 12.6. The number of hydrogen-bond acceptors (Lipinski definition) is 4. The Labute approximate surface area is 183 Å². The van der Waals surface area contributed by atoms with Crippen molar-refractivity contribution in [3.05, 3.63) is 47.8 Å². The van der Waals surface area contributed by atoms with Gasteiger partial charge in [0.15, 0.2) is 5.96 Å². The Balaban J connectivity index is 1.54. The van der Waals surface area contributed by atoms with Gasteiger partial charge in [0.05, 0.1) is 11.9 Å². The van der Waals surface area contributed by atoms with Gasteiger partial charge in [0.1, 0.15) is 6.54 Å². The molecule has 0 bridgehead atoms. The highest BCUT2D eigenvalue weighted by molar-refractivity contribution is 5.98. The largest absolute Gasteiger partial charge is 0.352 e. The van der Waals surface area contributed by atoms with Crippen LogP contribution in [0.2, 0.25) is 0 Å². The molecule has 1 atom stereocenters. The Morgan fingerprint density at radius 3 is 2.58 bits per heavy atom. The van der Waals surface area contributed by atoms with E-state index in [1.165, 1.54) is 0 Å². The summed E-state index contributed by atoms with van der Waals surface area (Å²) in [7, 11) is 3.54. The molecule has 1 aromatic heterocycles. The van der Waals surface area contributed by atoms with Gasteiger partial charge in [0.25, 0.3) is 5.91 Å². The SMILES string of the molecule is CCC(C)NC(=O)c1ccc(CNC(=NC)N2CCN(c3cnn(C)c3)C(=O)C2)cc1. The third-order valence-electron chi connectivity index (χ3n) is 5.39. The van der Waals surface area contributed by atoms with Crippen molar-refractivity contribution in [3.63, 3.8) is 0 Å². The summed E-state index contributed by atoms with van der Waals surface area (Å²) < 4.78 is 1.69. The standard InChI is InChI=1S/C22H31N7O2/c1-5-16(2)26-21(31)18-8-6-17(7-9-18)12-24-22(23-3)28-10-11-29(20(30)15-28)19-13-25-27(4)14-19/h6-9,13-14,16H,5,10-12,15H2,1-4H3,(H,23,24)(H,26,31). The zero-order chi connectivity index (χ0) is 22.4. The average Bonchev–Trinajstić information content (AvgIpc) is 3.20. The fourth-order valence-corrected chi connectivity index (χ4v) is 3.37. The van der Waals surface area contributed by atoms with Crippen molar-refractivity contribution in [1.29, 1.82) is 0 Å². The number of anilines is 1. The van der Waals surface area contributed by atoms with Crippen molar-refractivity contribution in [1.82, 2.24) is 25.3 Å². The maximum Gasteiger partial charge on any atom is 0.251 e. The second-order valence-electron chi connectivity index (χ2n) is 7.72. The smallest absolute Gasteiger partial charge is 0.251 e. The summed E-state index contributed by atoms with van der Waals surface area (Å²) >= 11 is 0. The van der Waals surface area contributed by atoms with Crippen molar-refractivity contribution >= 4 is 23.5 Å². The number of amides is 2. The van der Waals surface area contributed by atoms with E-state index in [0.29, 0.717) is 31.2 Å². The van der Waals surface area contributed by atoms with Gasteiger partial charge in [-0.15, -0.1) is 0 Å². The van der Waals surface area contributed by atoms with Crippen molar-refractivity contribution in [2.24, 2.45) is 12.0 Å². The first-order chi connectivity index (χ1) is 14.9. The maximum absolute atomic E-state index is 12.6. The molecule has 1 aliphatic heterocycles. The minimum atomic E-state index is -0.0605. The quantitative estimate of drug-likeness (QED) is 0.539. The molecule has 31 heavy (non-hydrogen) atoms. The molecular weight excluding hydrogens is 394 g/mol. The summed E-state index contributed by atoms with van der Waals surface area (Å²) in [5.74, 6) is 0.631. The first-order valence-electron chi connectivity index (χ1n) is 10.6. The molecule has 3 rings (SSSR count). The molecule has 9 nitrogen and oxygen atoms in total. The third kappa shape index (κ3) is 5.62. The molecule has 9 heteroatoms. The Morgan fingerprint density at radius 2 is 2.00 bits per heavy atom. The summed E-state index contributed by atoms with van der Waals surface area (Å²) in [6, 6.07) is 7.66. The van der Waals surface area contributed by atoms with Crippen LogP contribution in [0.5, 0.6) is 0 Å². The number of rotatable bonds is 6. The Kier molecular flexibility index (Phi) is 7.28. The lowest BCUT2D eigenvalue weighted by atomic mass is 10.1. The molecule has 0 aliphatic carbocycles. The first-order valence-corrected chi connectivity index (χ1v) is 10.6. The highest BCUT2D eigenvalue weighted by atomic mass is 16.2. The second kappa shape index (κ2) is 10.1. The van der Waals surface area contributed by atoms with E-state index in [1.54, 1.807) is 22.8 Å². The van der Waals surface area contributed by atoms with Crippen LogP contribution in [0.4, 0.5) is 5.69 Å². The number of aromatic nitrogens is 2. The topological polar surface area (TPSA) is 94.9 Å². The number of nitrogens with zero attached hydrogens (tertiary/aromatic N) is 5. The van der Waals surface area contributed by atoms with Gasteiger partial charge in [-0.05, 0) is 31.0 Å². The van der Waals surface area contributed by atoms with Crippen LogP contribution in [0.25, 0.3) is 0 Å². The monoisotopic (exact) mass is 425 g/mol. The summed E-state index contributed by atoms with van der Waals surface area (Å²) in [4.78, 5) is 32.9. The van der Waals surface area contributed by atoms with Crippen LogP contribution in [-0.4, -0.2) is 65.2 Å². The number of piperazine rings is 1. The van der Waals surface area contributed by atoms with Crippen LogP contribution >= 0.6 is 0 Å². The molecule has 1 aromatic carbocycles. The summed E-state index contributed by atoms with van der Waals surface area (Å²) in [5, 5.41) is 10.4. The first kappa shape index (κ1) is 22.3. The number of aryl methyl sites for hydroxylation is 1. The summed E-state index contributed by atoms with van der Waals surface area (Å²) in [6.07, 6.45) is 4.44. The van der Waals surface area contributed by atoms with E-state index in [2.05, 4.69) is 20.7 Å². The molecule has 0 spiro atoms. The van der Waals surface area contributed by atoms with E-state index in [-0.39, 0.29) is 24.4 Å². The molecule has 2 N–H and O–H groups in total. The van der Waals surface area contributed by atoms with Crippen LogP contribution in [0.3, 0.4) is 0 Å². The minimum absolute atomic E-state index is 0.0128. The number of guanidine groups is 1. The lowest BCUT2D eigenvalue weighted by Gasteiger charge is -2.35. The van der Waals surface area contributed by atoms with Crippen LogP contribution in [0.15, 0.2) is 41.7 Å². The Bertz CT molecular complexity index is 936. The number of carbonyl (C=O) groups excluding carboxylic acids is 2. The van der Waals surface area contributed by atoms with Crippen LogP contribution in [0, 0.1) is 0 Å². The molecule has 0 saturated carbocycles. The number of benzene rings is 1. The van der Waals surface area contributed by atoms with E-state index >= 15 is 0 Å². The van der Waals surface area contributed by atoms with E-state index in [4.69, 9.17) is 0 Å². The van der Waals surface area contributed by atoms with Gasteiger partial charge >= 0.3 is 0 Å². The van der Waals surface area contributed by atoms with Crippen molar-refractivity contribution < 1.29 is 9.59 Å². The number of aliphatic imine (C=N–C) groups is 1. The molecule has 1 unspecified atom stereocenters. The van der Waals surface area contributed by atoms with Gasteiger partial charge < -0.3 is 20.4 Å². The lowest BCUT2D eigenvalue weighted by Crippen LogP contribution is -2.55. The van der Waals surface area contributed by atoms with Gasteiger partial charge in [-0.2, -0.15) is 5.10 Å². The van der Waals surface area contributed by atoms with Gasteiger partial charge in [-0.1, -0.05) is 19.1 Å². The normalized spacial score (nSPS) is 15.7. The molecule has 2 amide bonds. The van der Waals surface area contributed by atoms with Gasteiger partial charge in [-0.25, -0.2) is 0 Å². The van der Waals surface area contributed by atoms with Crippen molar-refractivity contribution in [3.8, 4) is 0 Å². The molecule has 1 fully saturated rings. The Morgan fingerprint density at radius 1 is 1.26 bits per heavy atom. The van der Waals surface area contributed by atoms with Crippen molar-refractivity contribution in [2.45, 2.75) is 32.9 Å². The van der Waals surface area contributed by atoms with E-state index in [1.807, 2.05) is 56.3 Å². The molecule has 1 aliphatic rings. The summed E-state index contributed by atoms with van der Waals surface area (Å²) in [6.45, 7) is 6.09. The van der Waals surface area contributed by atoms with E-state index in [0.717, 1.165) is 17.7 Å². The third-order valence-corrected chi connectivity index (χ3v) is 5.39. The van der Waals surface area contributed by atoms with Crippen molar-refractivity contribution in [2.75, 3.05) is 31.6 Å².